The quantitative estimate of drug-likeness (QED) is 0.0153. The lowest BCUT2D eigenvalue weighted by Crippen LogP contribution is -2.50. The van der Waals surface area contributed by atoms with Gasteiger partial charge in [-0.2, -0.15) is 25.3 Å². The Bertz CT molecular complexity index is 3170. The molecule has 0 fully saturated rings. The summed E-state index contributed by atoms with van der Waals surface area (Å²) in [7, 11) is -22.9. The highest BCUT2D eigenvalue weighted by Crippen LogP contribution is 2.40. The van der Waals surface area contributed by atoms with Crippen LogP contribution in [0, 0.1) is 35.5 Å². The number of rotatable bonds is 46. The van der Waals surface area contributed by atoms with Gasteiger partial charge in [0.05, 0.1) is 84.7 Å². The molecule has 0 aliphatic heterocycles. The Balaban J connectivity index is -0.000000166. The van der Waals surface area contributed by atoms with Gasteiger partial charge in [-0.25, -0.2) is 13.1 Å². The summed E-state index contributed by atoms with van der Waals surface area (Å²) >= 11 is 0. The fourth-order valence-electron chi connectivity index (χ4n) is 6.28. The van der Waals surface area contributed by atoms with Crippen LogP contribution >= 0.6 is 15.2 Å². The van der Waals surface area contributed by atoms with Gasteiger partial charge < -0.3 is 154 Å². The first-order valence-corrected chi connectivity index (χ1v) is 47.1. The van der Waals surface area contributed by atoms with E-state index in [0.717, 1.165) is 0 Å². The Morgan fingerprint density at radius 2 is 0.613 bits per heavy atom. The van der Waals surface area contributed by atoms with Crippen molar-refractivity contribution in [2.45, 2.75) is 258 Å². The van der Waals surface area contributed by atoms with E-state index in [-0.39, 0.29) is 111 Å². The van der Waals surface area contributed by atoms with E-state index in [4.69, 9.17) is 74.1 Å². The van der Waals surface area contributed by atoms with E-state index in [0.29, 0.717) is 18.4 Å². The number of carbonyl (C=O) groups is 4. The van der Waals surface area contributed by atoms with Crippen LogP contribution in [-0.2, 0) is 68.7 Å². The van der Waals surface area contributed by atoms with E-state index in [9.17, 15) is 123 Å². The molecule has 54 heteroatoms. The Labute approximate surface area is 699 Å². The van der Waals surface area contributed by atoms with Crippen LogP contribution in [0.15, 0.2) is 0 Å². The number of nitrogens with one attached hydrogen (secondary N) is 7. The van der Waals surface area contributed by atoms with Crippen molar-refractivity contribution >= 4 is 79.2 Å². The van der Waals surface area contributed by atoms with Crippen molar-refractivity contribution in [3.63, 3.8) is 0 Å². The molecule has 0 aromatic heterocycles. The van der Waals surface area contributed by atoms with Crippen LogP contribution in [0.2, 0.25) is 0 Å². The molecule has 4 amide bonds. The third kappa shape index (κ3) is 80.5. The molecule has 0 bridgehead atoms. The molecule has 0 spiro atoms. The van der Waals surface area contributed by atoms with Gasteiger partial charge in [0.15, 0.2) is 0 Å². The lowest BCUT2D eigenvalue weighted by molar-refractivity contribution is -0.128. The van der Waals surface area contributed by atoms with E-state index in [1.165, 1.54) is 41.5 Å². The van der Waals surface area contributed by atoms with E-state index in [1.54, 1.807) is 55.4 Å². The van der Waals surface area contributed by atoms with Crippen LogP contribution in [0.4, 0.5) is 0 Å². The number of hydrogen-bond acceptors (Lipinski definition) is 36. The highest BCUT2D eigenvalue weighted by Gasteiger charge is 2.34. The molecule has 34 N–H and O–H groups in total. The maximum absolute atomic E-state index is 11.4. The molecule has 0 saturated carbocycles. The second kappa shape index (κ2) is 70.1. The largest absolute Gasteiger partial charge is 0.394 e. The number of sulfonamides is 1. The van der Waals surface area contributed by atoms with Gasteiger partial charge in [-0.15, -0.1) is 0 Å². The van der Waals surface area contributed by atoms with Gasteiger partial charge in [0.25, 0.3) is 30.4 Å². The molecule has 0 rings (SSSR count). The summed E-state index contributed by atoms with van der Waals surface area (Å²) in [5.41, 5.74) is -0.535. The van der Waals surface area contributed by atoms with Crippen molar-refractivity contribution in [1.82, 2.24) is 36.6 Å². The Morgan fingerprint density at radius 3 is 0.866 bits per heavy atom. The molecule has 0 heterocycles. The second-order valence-corrected chi connectivity index (χ2v) is 40.9. The number of aliphatic hydroxyl groups is 20. The average molecular weight is 1880 g/mol. The minimum atomic E-state index is -3.97. The minimum absolute atomic E-state index is 0.0291. The highest BCUT2D eigenvalue weighted by atomic mass is 32.2. The molecule has 0 aromatic carbocycles. The van der Waals surface area contributed by atoms with Crippen molar-refractivity contribution in [1.29, 1.82) is 0 Å². The molecular weight excluding hydrogens is 1720 g/mol. The van der Waals surface area contributed by atoms with Crippen LogP contribution in [0.1, 0.15) is 138 Å². The van der Waals surface area contributed by atoms with Gasteiger partial charge in [-0.05, 0) is 59.4 Å². The van der Waals surface area contributed by atoms with E-state index in [1.807, 2.05) is 34.6 Å². The summed E-state index contributed by atoms with van der Waals surface area (Å²) in [6.45, 7) is 29.9. The fourth-order valence-corrected chi connectivity index (χ4v) is 8.29. The van der Waals surface area contributed by atoms with Crippen LogP contribution in [0.5, 0.6) is 0 Å². The number of amides is 4. The first kappa shape index (κ1) is 134. The predicted molar refractivity (Wildman–Crippen MR) is 436 cm³/mol. The van der Waals surface area contributed by atoms with Gasteiger partial charge in [0.1, 0.15) is 73.2 Å². The van der Waals surface area contributed by atoms with Gasteiger partial charge in [-0.1, -0.05) is 96.9 Å². The van der Waals surface area contributed by atoms with Crippen molar-refractivity contribution in [3.05, 3.63) is 0 Å². The molecule has 0 aliphatic carbocycles. The molecule has 0 aliphatic rings. The van der Waals surface area contributed by atoms with Crippen LogP contribution in [0.3, 0.4) is 0 Å². The summed E-state index contributed by atoms with van der Waals surface area (Å²) in [5.74, 6) is -1.47. The molecule has 0 saturated heterocycles. The first-order chi connectivity index (χ1) is 53.5. The Hall–Kier alpha value is -3.06. The van der Waals surface area contributed by atoms with Gasteiger partial charge >= 0.3 is 15.2 Å². The van der Waals surface area contributed by atoms with Crippen molar-refractivity contribution in [3.8, 4) is 0 Å². The SMILES string of the molecule is CC(C)C(=O)NCCCS(=O)(=O)O.CC(C)C(=O)NCCP(=O)(O)O.CC(C)C(=O)NCCS(=O)(=O)O.CC(C)C(=O)NC[C@H](O)[C@@H](O)[C@H](O)[C@H](O)CO.CC(C)C(C)NC[C@H](O)[C@@H](O)[C@H](O)[C@H](O)CO.CC(C)CNC[C@H](O)[C@@H](O)[C@H](O)[C@H](O)CO.CC(C)P(=O)(O)O.CC(C)S(=O)(=O)NC[C@H](O)[C@@H](O)[C@H](O)[C@H](O)CO.CC(C)S(=O)(=O)O. The standard InChI is InChI=1S/C11H25NO5.C10H21NO6.C10H23NO5.C9H21NO7S.C7H15NO4S.C6H14NO4P.C6H13NO4S.C3H9O3P.C3H8O3S/c1-6(2)7(3)12-4-8(14)10(16)11(17)9(15)5-13;1-5(2)10(17)11-3-6(13)8(15)9(16)7(14)4-12;1-6(2)3-11-4-7(13)9(15)10(16)8(14)5-12;1-5(2)18(16,17)10-3-6(12)8(14)9(15)7(13)4-11;1-6(2)7(9)8-4-3-5-13(10,11)12;2*1-5(2)6(8)7-3-4-12(9,10)11;2*1-3(2)7(4,5)6/h6-17H,4-5H2,1-3H3;5-9,12-16H,3-4H2,1-2H3,(H,11,17);6-16H,3-5H2,1-2H3;5-15H,3-4H2,1-2H3;6H,3-5H2,1-2H3,(H,8,9)(H,10,11,12);5H,3-4H2,1-2H3,(H,7,8)(H2,9,10,11);5H,3-4H2,1-2H3,(H,7,8)(H,9,10,11);3H,1-2H3,(H2,4,5,6);3H,1-2H3,(H,4,5,6)/t7?,8-,9+,10+,11+;6-,7+,8+,9+;7-,8+,9+,10+;6-,7+,8+,9+;;;;;/m0000...../s1. The number of aliphatic hydroxyl groups excluding tert-OH is 20. The van der Waals surface area contributed by atoms with Crippen LogP contribution in [-0.4, -0.2) is 409 Å². The average Bonchev–Trinajstić information content (AvgIpc) is 0.885. The van der Waals surface area contributed by atoms with Crippen molar-refractivity contribution in [2.24, 2.45) is 35.5 Å². The smallest absolute Gasteiger partial charge is 0.328 e. The van der Waals surface area contributed by atoms with E-state index >= 15 is 0 Å². The minimum Gasteiger partial charge on any atom is -0.394 e. The molecule has 1 unspecified atom stereocenters. The Kier molecular flexibility index (Phi) is 78.9. The summed E-state index contributed by atoms with van der Waals surface area (Å²) in [6.07, 6.45) is -24.5. The Morgan fingerprint density at radius 1 is 0.345 bits per heavy atom. The van der Waals surface area contributed by atoms with Gasteiger partial charge in [-0.3, -0.25) is 42.0 Å². The van der Waals surface area contributed by atoms with Gasteiger partial charge in [0.2, 0.25) is 33.7 Å². The maximum atomic E-state index is 11.4. The molecule has 119 heavy (non-hydrogen) atoms. The topological polar surface area (TPSA) is 869 Å². The third-order valence-corrected chi connectivity index (χ3v) is 21.7. The zero-order chi connectivity index (χ0) is 96.6. The molecule has 0 aromatic rings. The highest BCUT2D eigenvalue weighted by molar-refractivity contribution is 7.90. The third-order valence-electron chi connectivity index (χ3n) is 15.1. The summed E-state index contributed by atoms with van der Waals surface area (Å²) < 4.78 is 130. The normalized spacial score (nSPS) is 16.4. The molecule has 0 radical (unpaired) electrons. The molecule has 17 atom stereocenters. The zero-order valence-electron chi connectivity index (χ0n) is 71.1. The fraction of sp³-hybridized carbons (Fsp3) is 0.938. The van der Waals surface area contributed by atoms with Crippen LogP contribution in [0.25, 0.3) is 0 Å². The van der Waals surface area contributed by atoms with Crippen molar-refractivity contribution in [2.75, 3.05) is 96.5 Å². The monoisotopic (exact) mass is 1870 g/mol. The lowest BCUT2D eigenvalue weighted by Gasteiger charge is -2.27. The summed E-state index contributed by atoms with van der Waals surface area (Å²) in [4.78, 5) is 77.1. The lowest BCUT2D eigenvalue weighted by atomic mass is 10.0. The molecule has 48 nitrogen and oxygen atoms in total. The number of hydrogen-bond donors (Lipinski definition) is 34. The molecular formula is C65H149N7O41P2S4. The number of carbonyl (C=O) groups excluding carboxylic acids is 4. The second-order valence-electron chi connectivity index (χ2n) is 29.4. The van der Waals surface area contributed by atoms with E-state index in [2.05, 4.69) is 36.6 Å². The maximum Gasteiger partial charge on any atom is 0.328 e. The zero-order valence-corrected chi connectivity index (χ0v) is 76.2. The van der Waals surface area contributed by atoms with Crippen LogP contribution < -0.4 is 36.6 Å². The van der Waals surface area contributed by atoms with Crippen molar-refractivity contribution < 1.29 is 197 Å². The van der Waals surface area contributed by atoms with Gasteiger partial charge in [0, 0.05) is 75.5 Å². The first-order valence-electron chi connectivity index (χ1n) is 37.3. The molecule has 724 valence electrons. The summed E-state index contributed by atoms with van der Waals surface area (Å²) in [5, 5.41) is 198. The van der Waals surface area contributed by atoms with E-state index < -0.39 is 208 Å². The summed E-state index contributed by atoms with van der Waals surface area (Å²) in [6, 6.07) is 0.164. The predicted octanol–water partition coefficient (Wildman–Crippen LogP) is -9.86.